The number of hydrogen-bond acceptors (Lipinski definition) is 2. The van der Waals surface area contributed by atoms with Crippen LogP contribution in [-0.2, 0) is 23.0 Å². The van der Waals surface area contributed by atoms with Gasteiger partial charge in [0.05, 0.1) is 4.90 Å². The van der Waals surface area contributed by atoms with Crippen LogP contribution in [0.2, 0.25) is 0 Å². The van der Waals surface area contributed by atoms with Crippen LogP contribution in [0.5, 0.6) is 0 Å². The quantitative estimate of drug-likeness (QED) is 0.158. The molecular weight excluding hydrogens is 440 g/mol. The Morgan fingerprint density at radius 2 is 1.09 bits per heavy atom. The molecule has 0 saturated carbocycles. The van der Waals surface area contributed by atoms with E-state index in [-0.39, 0.29) is 4.90 Å². The molecule has 0 saturated heterocycles. The monoisotopic (exact) mass is 488 g/mol. The molecule has 2 aromatic carbocycles. The maximum atomic E-state index is 12.1. The summed E-state index contributed by atoms with van der Waals surface area (Å²) >= 11 is 0. The van der Waals surface area contributed by atoms with Crippen LogP contribution in [0.4, 0.5) is 0 Å². The smallest absolute Gasteiger partial charge is 0.282 e. The Morgan fingerprint density at radius 3 is 1.62 bits per heavy atom. The zero-order chi connectivity index (χ0) is 24.7. The highest BCUT2D eigenvalue weighted by molar-refractivity contribution is 7.85. The average molecular weight is 489 g/mol. The van der Waals surface area contributed by atoms with Gasteiger partial charge in [0, 0.05) is 0 Å². The summed E-state index contributed by atoms with van der Waals surface area (Å²) in [5, 5.41) is 2.14. The molecule has 0 amide bonds. The van der Waals surface area contributed by atoms with Gasteiger partial charge < -0.3 is 0 Å². The molecule has 2 aromatic rings. The topological polar surface area (TPSA) is 54.4 Å². The van der Waals surface area contributed by atoms with Crippen molar-refractivity contribution in [3.05, 3.63) is 41.5 Å². The van der Waals surface area contributed by atoms with Crippen LogP contribution in [0.1, 0.15) is 128 Å². The first-order valence-corrected chi connectivity index (χ1v) is 15.4. The molecule has 0 atom stereocenters. The minimum absolute atomic E-state index is 0.0900. The third-order valence-corrected chi connectivity index (χ3v) is 8.02. The molecule has 0 unspecified atom stereocenters. The first kappa shape index (κ1) is 28.8. The van der Waals surface area contributed by atoms with E-state index in [0.29, 0.717) is 6.42 Å². The summed E-state index contributed by atoms with van der Waals surface area (Å²) in [6.45, 7) is 4.49. The Hall–Kier alpha value is -1.39. The number of aryl methyl sites for hydroxylation is 2. The van der Waals surface area contributed by atoms with Crippen molar-refractivity contribution in [3.63, 3.8) is 0 Å². The molecule has 0 aliphatic carbocycles. The second-order valence-corrected chi connectivity index (χ2v) is 11.4. The summed E-state index contributed by atoms with van der Waals surface area (Å²) < 4.78 is 34.1. The van der Waals surface area contributed by atoms with Crippen molar-refractivity contribution in [1.29, 1.82) is 0 Å². The van der Waals surface area contributed by atoms with E-state index in [2.05, 4.69) is 19.9 Å². The van der Waals surface area contributed by atoms with Gasteiger partial charge in [0.2, 0.25) is 0 Å². The van der Waals surface area contributed by atoms with Crippen molar-refractivity contribution in [2.24, 2.45) is 0 Å². The largest absolute Gasteiger partial charge is 0.294 e. The first-order valence-electron chi connectivity index (χ1n) is 14.0. The van der Waals surface area contributed by atoms with Gasteiger partial charge in [-0.05, 0) is 53.6 Å². The molecule has 192 valence electrons. The summed E-state index contributed by atoms with van der Waals surface area (Å²) in [7, 11) is -4.23. The predicted molar refractivity (Wildman–Crippen MR) is 146 cm³/mol. The second kappa shape index (κ2) is 16.3. The van der Waals surface area contributed by atoms with Gasteiger partial charge in [-0.1, -0.05) is 128 Å². The van der Waals surface area contributed by atoms with Crippen molar-refractivity contribution in [2.45, 2.75) is 134 Å². The maximum absolute atomic E-state index is 12.1. The zero-order valence-electron chi connectivity index (χ0n) is 21.8. The number of hydrogen-bond donors (Lipinski definition) is 1. The molecule has 0 aliphatic heterocycles. The van der Waals surface area contributed by atoms with E-state index in [1.54, 1.807) is 6.07 Å². The van der Waals surface area contributed by atoms with Crippen LogP contribution >= 0.6 is 0 Å². The van der Waals surface area contributed by atoms with Gasteiger partial charge in [-0.15, -0.1) is 0 Å². The van der Waals surface area contributed by atoms with Gasteiger partial charge >= 0.3 is 0 Å². The fourth-order valence-electron chi connectivity index (χ4n) is 5.07. The summed E-state index contributed by atoms with van der Waals surface area (Å²) in [6, 6.07) is 9.77. The van der Waals surface area contributed by atoms with Gasteiger partial charge in [0.1, 0.15) is 0 Å². The molecule has 34 heavy (non-hydrogen) atoms. The normalized spacial score (nSPS) is 12.0. The number of benzene rings is 2. The molecule has 3 nitrogen and oxygen atoms in total. The molecule has 0 heterocycles. The van der Waals surface area contributed by atoms with E-state index < -0.39 is 10.1 Å². The fraction of sp³-hybridized carbons (Fsp3) is 0.667. The summed E-state index contributed by atoms with van der Waals surface area (Å²) in [6.07, 6.45) is 21.8. The number of unbranched alkanes of at least 4 members (excludes halogenated alkanes) is 14. The van der Waals surface area contributed by atoms with Crippen molar-refractivity contribution in [2.75, 3.05) is 0 Å². The third kappa shape index (κ3) is 10.1. The molecule has 0 fully saturated rings. The van der Waals surface area contributed by atoms with Gasteiger partial charge in [-0.25, -0.2) is 0 Å². The summed E-state index contributed by atoms with van der Waals surface area (Å²) in [4.78, 5) is 0.0900. The van der Waals surface area contributed by atoms with E-state index in [9.17, 15) is 13.0 Å². The number of rotatable bonds is 19. The lowest BCUT2D eigenvalue weighted by molar-refractivity contribution is 0.482. The van der Waals surface area contributed by atoms with Crippen LogP contribution in [0, 0.1) is 0 Å². The lowest BCUT2D eigenvalue weighted by atomic mass is 9.94. The van der Waals surface area contributed by atoms with E-state index in [4.69, 9.17) is 0 Å². The Morgan fingerprint density at radius 1 is 0.588 bits per heavy atom. The molecule has 0 aromatic heterocycles. The zero-order valence-corrected chi connectivity index (χ0v) is 22.6. The Labute approximate surface area is 209 Å². The molecule has 4 heteroatoms. The molecule has 2 rings (SSSR count). The summed E-state index contributed by atoms with van der Waals surface area (Å²) in [5.41, 5.74) is 2.09. The van der Waals surface area contributed by atoms with Gasteiger partial charge in [0.25, 0.3) is 10.1 Å². The van der Waals surface area contributed by atoms with Gasteiger partial charge in [-0.2, -0.15) is 8.42 Å². The standard InChI is InChI=1S/C30H48O3S/c1-3-5-7-9-11-13-15-17-20-26-21-19-23-28-27(26)24-25-30(34(31,32)33)29(28)22-18-16-14-12-10-8-6-4-2/h19,21,23-25H,3-18,20,22H2,1-2H3,(H,31,32,33). The van der Waals surface area contributed by atoms with E-state index in [0.717, 1.165) is 35.6 Å². The minimum atomic E-state index is -4.23. The molecule has 0 aliphatic rings. The first-order chi connectivity index (χ1) is 16.5. The lowest BCUT2D eigenvalue weighted by Gasteiger charge is -2.14. The predicted octanol–water partition coefficient (Wildman–Crippen LogP) is 9.45. The van der Waals surface area contributed by atoms with Crippen LogP contribution in [0.3, 0.4) is 0 Å². The van der Waals surface area contributed by atoms with Crippen LogP contribution in [0.15, 0.2) is 35.2 Å². The van der Waals surface area contributed by atoms with E-state index in [1.807, 2.05) is 18.2 Å². The Kier molecular flexibility index (Phi) is 13.8. The highest BCUT2D eigenvalue weighted by Crippen LogP contribution is 2.30. The Bertz CT molecular complexity index is 933. The lowest BCUT2D eigenvalue weighted by Crippen LogP contribution is -2.05. The molecule has 0 spiro atoms. The van der Waals surface area contributed by atoms with Gasteiger partial charge in [-0.3, -0.25) is 4.55 Å². The summed E-state index contributed by atoms with van der Waals surface area (Å²) in [5.74, 6) is 0. The highest BCUT2D eigenvalue weighted by atomic mass is 32.2. The minimum Gasteiger partial charge on any atom is -0.282 e. The number of fused-ring (bicyclic) bond motifs is 1. The fourth-order valence-corrected chi connectivity index (χ4v) is 5.83. The molecule has 0 bridgehead atoms. The Balaban J connectivity index is 2.00. The van der Waals surface area contributed by atoms with Crippen molar-refractivity contribution in [3.8, 4) is 0 Å². The van der Waals surface area contributed by atoms with E-state index >= 15 is 0 Å². The van der Waals surface area contributed by atoms with E-state index in [1.165, 1.54) is 95.5 Å². The second-order valence-electron chi connectivity index (χ2n) is 9.98. The van der Waals surface area contributed by atoms with Gasteiger partial charge in [0.15, 0.2) is 0 Å². The van der Waals surface area contributed by atoms with Crippen LogP contribution in [0.25, 0.3) is 10.8 Å². The average Bonchev–Trinajstić information content (AvgIpc) is 2.81. The van der Waals surface area contributed by atoms with Crippen LogP contribution < -0.4 is 0 Å². The maximum Gasteiger partial charge on any atom is 0.294 e. The molecule has 1 N–H and O–H groups in total. The SMILES string of the molecule is CCCCCCCCCCc1cccc2c(CCCCCCCCCC)c(S(=O)(=O)O)ccc12. The molecule has 0 radical (unpaired) electrons. The van der Waals surface area contributed by atoms with Crippen LogP contribution in [-0.4, -0.2) is 13.0 Å². The molecular formula is C30H48O3S. The van der Waals surface area contributed by atoms with Crippen molar-refractivity contribution in [1.82, 2.24) is 0 Å². The third-order valence-electron chi connectivity index (χ3n) is 7.08. The highest BCUT2D eigenvalue weighted by Gasteiger charge is 2.18. The van der Waals surface area contributed by atoms with Crippen molar-refractivity contribution < 1.29 is 13.0 Å². The van der Waals surface area contributed by atoms with Crippen molar-refractivity contribution >= 4 is 20.9 Å².